The van der Waals surface area contributed by atoms with E-state index in [4.69, 9.17) is 5.11 Å². The molecule has 0 bridgehead atoms. The lowest BCUT2D eigenvalue weighted by molar-refractivity contribution is -0.129. The van der Waals surface area contributed by atoms with Crippen molar-refractivity contribution in [1.82, 2.24) is 16.0 Å². The Labute approximate surface area is 81.8 Å². The van der Waals surface area contributed by atoms with Gasteiger partial charge in [-0.25, -0.2) is 0 Å². The van der Waals surface area contributed by atoms with Crippen LogP contribution in [0.2, 0.25) is 0 Å². The molecule has 0 rings (SSSR count). The fraction of sp³-hybridized carbons (Fsp3) is 0.714. The first kappa shape index (κ1) is 12.8. The smallest absolute Gasteiger partial charge is 0.231 e. The first-order chi connectivity index (χ1) is 6.70. The molecule has 82 valence electrons. The van der Waals surface area contributed by atoms with Crippen LogP contribution >= 0.6 is 0 Å². The summed E-state index contributed by atoms with van der Waals surface area (Å²) in [6, 6.07) is 0. The van der Waals surface area contributed by atoms with Gasteiger partial charge in [0.2, 0.25) is 11.8 Å². The number of carbonyl (C=O) groups is 2. The van der Waals surface area contributed by atoms with E-state index in [0.717, 1.165) is 0 Å². The molecule has 0 saturated carbocycles. The van der Waals surface area contributed by atoms with E-state index < -0.39 is 18.5 Å². The zero-order valence-corrected chi connectivity index (χ0v) is 8.00. The van der Waals surface area contributed by atoms with E-state index in [1.165, 1.54) is 7.11 Å². The summed E-state index contributed by atoms with van der Waals surface area (Å²) in [5.41, 5.74) is 0. The molecule has 0 saturated heterocycles. The SMILES string of the molecule is COCNCNC(=O)CC(=O)NCO. The molecule has 0 heterocycles. The van der Waals surface area contributed by atoms with E-state index in [2.05, 4.69) is 20.7 Å². The fourth-order valence-electron chi connectivity index (χ4n) is 0.673. The number of carbonyl (C=O) groups excluding carboxylic acids is 2. The maximum atomic E-state index is 11.0. The van der Waals surface area contributed by atoms with Gasteiger partial charge in [-0.15, -0.1) is 0 Å². The van der Waals surface area contributed by atoms with Crippen LogP contribution in [-0.4, -0.2) is 44.2 Å². The highest BCUT2D eigenvalue weighted by Crippen LogP contribution is 1.78. The number of hydrogen-bond donors (Lipinski definition) is 4. The largest absolute Gasteiger partial charge is 0.377 e. The first-order valence-electron chi connectivity index (χ1n) is 4.04. The quantitative estimate of drug-likeness (QED) is 0.213. The van der Waals surface area contributed by atoms with Crippen LogP contribution in [0.25, 0.3) is 0 Å². The van der Waals surface area contributed by atoms with Crippen LogP contribution in [0.3, 0.4) is 0 Å². The van der Waals surface area contributed by atoms with Crippen molar-refractivity contribution in [3.05, 3.63) is 0 Å². The Hall–Kier alpha value is -1.18. The van der Waals surface area contributed by atoms with E-state index in [1.807, 2.05) is 0 Å². The number of rotatable bonds is 7. The molecule has 0 radical (unpaired) electrons. The van der Waals surface area contributed by atoms with Crippen LogP contribution in [0.4, 0.5) is 0 Å². The van der Waals surface area contributed by atoms with Gasteiger partial charge in [0.05, 0.1) is 13.4 Å². The predicted octanol–water partition coefficient (Wildman–Crippen LogP) is -2.29. The average Bonchev–Trinajstić information content (AvgIpc) is 2.13. The summed E-state index contributed by atoms with van der Waals surface area (Å²) in [6.07, 6.45) is -0.296. The van der Waals surface area contributed by atoms with Crippen LogP contribution in [0.5, 0.6) is 0 Å². The average molecular weight is 205 g/mol. The summed E-state index contributed by atoms with van der Waals surface area (Å²) in [4.78, 5) is 21.7. The second-order valence-electron chi connectivity index (χ2n) is 2.39. The number of methoxy groups -OCH3 is 1. The number of amides is 2. The first-order valence-corrected chi connectivity index (χ1v) is 4.04. The van der Waals surface area contributed by atoms with Gasteiger partial charge in [0.15, 0.2) is 0 Å². The van der Waals surface area contributed by atoms with Crippen molar-refractivity contribution >= 4 is 11.8 Å². The predicted molar refractivity (Wildman–Crippen MR) is 47.9 cm³/mol. The minimum absolute atomic E-state index is 0.235. The minimum atomic E-state index is -0.517. The third kappa shape index (κ3) is 7.47. The summed E-state index contributed by atoms with van der Waals surface area (Å²) >= 11 is 0. The standard InChI is InChI=1S/C7H15N3O4/c1-14-5-8-3-9-6(12)2-7(13)10-4-11/h8,11H,2-5H2,1H3,(H,9,12)(H,10,13). The molecular formula is C7H15N3O4. The Bertz CT molecular complexity index is 186. The second kappa shape index (κ2) is 8.42. The lowest BCUT2D eigenvalue weighted by Crippen LogP contribution is -2.37. The van der Waals surface area contributed by atoms with E-state index in [1.54, 1.807) is 0 Å². The molecule has 7 heteroatoms. The van der Waals surface area contributed by atoms with Gasteiger partial charge in [0.1, 0.15) is 13.2 Å². The van der Waals surface area contributed by atoms with Gasteiger partial charge in [-0.05, 0) is 0 Å². The van der Waals surface area contributed by atoms with Crippen molar-refractivity contribution < 1.29 is 19.4 Å². The normalized spacial score (nSPS) is 9.57. The molecule has 0 aliphatic heterocycles. The van der Waals surface area contributed by atoms with Gasteiger partial charge in [0, 0.05) is 7.11 Å². The van der Waals surface area contributed by atoms with Crippen molar-refractivity contribution in [3.8, 4) is 0 Å². The summed E-state index contributed by atoms with van der Waals surface area (Å²) < 4.78 is 4.67. The summed E-state index contributed by atoms with van der Waals surface area (Å²) in [7, 11) is 1.52. The molecule has 7 nitrogen and oxygen atoms in total. The zero-order chi connectivity index (χ0) is 10.8. The molecule has 0 atom stereocenters. The van der Waals surface area contributed by atoms with Gasteiger partial charge < -0.3 is 20.5 Å². The number of hydrogen-bond acceptors (Lipinski definition) is 5. The molecular weight excluding hydrogens is 190 g/mol. The monoisotopic (exact) mass is 205 g/mol. The number of ether oxygens (including phenoxy) is 1. The van der Waals surface area contributed by atoms with Crippen molar-refractivity contribution in [3.63, 3.8) is 0 Å². The molecule has 0 aliphatic rings. The Balaban J connectivity index is 3.40. The Morgan fingerprint density at radius 2 is 1.93 bits per heavy atom. The van der Waals surface area contributed by atoms with Crippen LogP contribution in [0.1, 0.15) is 6.42 Å². The molecule has 4 N–H and O–H groups in total. The molecule has 2 amide bonds. The molecule has 0 spiro atoms. The molecule has 14 heavy (non-hydrogen) atoms. The fourth-order valence-corrected chi connectivity index (χ4v) is 0.673. The van der Waals surface area contributed by atoms with Gasteiger partial charge in [-0.3, -0.25) is 14.9 Å². The molecule has 0 aliphatic carbocycles. The number of aliphatic hydroxyl groups is 1. The van der Waals surface area contributed by atoms with Gasteiger partial charge in [-0.1, -0.05) is 0 Å². The van der Waals surface area contributed by atoms with E-state index in [9.17, 15) is 9.59 Å². The number of nitrogens with one attached hydrogen (secondary N) is 3. The van der Waals surface area contributed by atoms with E-state index >= 15 is 0 Å². The van der Waals surface area contributed by atoms with Crippen LogP contribution < -0.4 is 16.0 Å². The zero-order valence-electron chi connectivity index (χ0n) is 8.00. The molecule has 0 aromatic rings. The van der Waals surface area contributed by atoms with E-state index in [0.29, 0.717) is 6.73 Å². The Morgan fingerprint density at radius 1 is 1.29 bits per heavy atom. The highest BCUT2D eigenvalue weighted by Gasteiger charge is 2.06. The Kier molecular flexibility index (Phi) is 7.71. The third-order valence-corrected chi connectivity index (χ3v) is 1.25. The van der Waals surface area contributed by atoms with Crippen LogP contribution in [-0.2, 0) is 14.3 Å². The topological polar surface area (TPSA) is 99.7 Å². The van der Waals surface area contributed by atoms with Gasteiger partial charge >= 0.3 is 0 Å². The van der Waals surface area contributed by atoms with Crippen molar-refractivity contribution in [2.24, 2.45) is 0 Å². The Morgan fingerprint density at radius 3 is 2.50 bits per heavy atom. The summed E-state index contributed by atoms with van der Waals surface area (Å²) in [5.74, 6) is -0.934. The molecule has 0 aromatic heterocycles. The lowest BCUT2D eigenvalue weighted by Gasteiger charge is -2.05. The van der Waals surface area contributed by atoms with Crippen molar-refractivity contribution in [2.75, 3.05) is 27.2 Å². The van der Waals surface area contributed by atoms with Crippen LogP contribution in [0.15, 0.2) is 0 Å². The van der Waals surface area contributed by atoms with Crippen LogP contribution in [0, 0.1) is 0 Å². The maximum absolute atomic E-state index is 11.0. The van der Waals surface area contributed by atoms with Gasteiger partial charge in [0.25, 0.3) is 0 Å². The summed E-state index contributed by atoms with van der Waals surface area (Å²) in [5, 5.41) is 15.6. The lowest BCUT2D eigenvalue weighted by atomic mass is 10.4. The second-order valence-corrected chi connectivity index (χ2v) is 2.39. The van der Waals surface area contributed by atoms with Gasteiger partial charge in [-0.2, -0.15) is 0 Å². The molecule has 0 fully saturated rings. The highest BCUT2D eigenvalue weighted by atomic mass is 16.5. The highest BCUT2D eigenvalue weighted by molar-refractivity contribution is 5.96. The van der Waals surface area contributed by atoms with E-state index in [-0.39, 0.29) is 13.1 Å². The molecule has 0 unspecified atom stereocenters. The van der Waals surface area contributed by atoms with Crippen molar-refractivity contribution in [2.45, 2.75) is 6.42 Å². The molecule has 0 aromatic carbocycles. The maximum Gasteiger partial charge on any atom is 0.231 e. The number of aliphatic hydroxyl groups excluding tert-OH is 1. The third-order valence-electron chi connectivity index (χ3n) is 1.25. The summed E-state index contributed by atoms with van der Waals surface area (Å²) in [6.45, 7) is 0.0935. The van der Waals surface area contributed by atoms with Crippen molar-refractivity contribution in [1.29, 1.82) is 0 Å². The minimum Gasteiger partial charge on any atom is -0.377 e.